The third-order valence-electron chi connectivity index (χ3n) is 2.58. The van der Waals surface area contributed by atoms with Gasteiger partial charge in [0.2, 0.25) is 0 Å². The smallest absolute Gasteiger partial charge is 0.0626 e. The topological polar surface area (TPSA) is 21.3 Å². The summed E-state index contributed by atoms with van der Waals surface area (Å²) < 4.78 is 5.44. The highest BCUT2D eigenvalue weighted by molar-refractivity contribution is 4.81. The minimum atomic E-state index is 0.627. The van der Waals surface area contributed by atoms with Crippen molar-refractivity contribution in [3.8, 4) is 0 Å². The maximum Gasteiger partial charge on any atom is 0.0626 e. The van der Waals surface area contributed by atoms with Gasteiger partial charge in [-0.25, -0.2) is 0 Å². The van der Waals surface area contributed by atoms with E-state index in [1.807, 2.05) is 0 Å². The van der Waals surface area contributed by atoms with Crippen LogP contribution in [0.4, 0.5) is 0 Å². The first kappa shape index (κ1) is 6.62. The molecule has 0 spiro atoms. The van der Waals surface area contributed by atoms with Crippen LogP contribution in [0.5, 0.6) is 0 Å². The molecule has 2 fully saturated rings. The number of hydrogen-bond acceptors (Lipinski definition) is 2. The Hall–Kier alpha value is -0.0800. The molecule has 2 aliphatic heterocycles. The van der Waals surface area contributed by atoms with Gasteiger partial charge in [0.05, 0.1) is 12.7 Å². The average molecular weight is 141 g/mol. The van der Waals surface area contributed by atoms with E-state index >= 15 is 0 Å². The molecule has 0 amide bonds. The molecule has 0 bridgehead atoms. The fourth-order valence-corrected chi connectivity index (χ4v) is 1.80. The van der Waals surface area contributed by atoms with Crippen LogP contribution in [-0.2, 0) is 4.74 Å². The van der Waals surface area contributed by atoms with Crippen molar-refractivity contribution >= 4 is 0 Å². The van der Waals surface area contributed by atoms with Gasteiger partial charge in [-0.3, -0.25) is 0 Å². The maximum atomic E-state index is 5.44. The molecule has 0 aromatic rings. The largest absolute Gasteiger partial charge is 0.377 e. The number of hydrogen-bond donors (Lipinski definition) is 1. The van der Waals surface area contributed by atoms with E-state index in [1.165, 1.54) is 32.4 Å². The zero-order valence-corrected chi connectivity index (χ0v) is 6.31. The van der Waals surface area contributed by atoms with E-state index < -0.39 is 0 Å². The summed E-state index contributed by atoms with van der Waals surface area (Å²) in [7, 11) is 0. The molecule has 2 unspecified atom stereocenters. The third kappa shape index (κ3) is 1.18. The lowest BCUT2D eigenvalue weighted by atomic mass is 9.90. The molecule has 0 aliphatic carbocycles. The van der Waals surface area contributed by atoms with Gasteiger partial charge < -0.3 is 10.1 Å². The van der Waals surface area contributed by atoms with Crippen LogP contribution >= 0.6 is 0 Å². The van der Waals surface area contributed by atoms with Crippen LogP contribution in [-0.4, -0.2) is 25.8 Å². The minimum Gasteiger partial charge on any atom is -0.377 e. The summed E-state index contributed by atoms with van der Waals surface area (Å²) in [5.41, 5.74) is 0. The van der Waals surface area contributed by atoms with E-state index in [9.17, 15) is 0 Å². The third-order valence-corrected chi connectivity index (χ3v) is 2.58. The Kier molecular flexibility index (Phi) is 1.91. The van der Waals surface area contributed by atoms with Crippen LogP contribution in [0.1, 0.15) is 19.3 Å². The van der Waals surface area contributed by atoms with Crippen molar-refractivity contribution in [2.45, 2.75) is 25.4 Å². The van der Waals surface area contributed by atoms with Gasteiger partial charge in [-0.15, -0.1) is 0 Å². The zero-order chi connectivity index (χ0) is 6.81. The normalized spacial score (nSPS) is 40.8. The number of rotatable bonds is 0. The molecule has 2 heteroatoms. The van der Waals surface area contributed by atoms with E-state index in [-0.39, 0.29) is 0 Å². The van der Waals surface area contributed by atoms with Crippen molar-refractivity contribution in [2.24, 2.45) is 5.92 Å². The van der Waals surface area contributed by atoms with Crippen molar-refractivity contribution in [2.75, 3.05) is 19.7 Å². The second-order valence-electron chi connectivity index (χ2n) is 3.31. The molecular formula is C8H15NO. The quantitative estimate of drug-likeness (QED) is 0.538. The summed E-state index contributed by atoms with van der Waals surface area (Å²) in [6.07, 6.45) is 4.52. The second kappa shape index (κ2) is 2.89. The second-order valence-corrected chi connectivity index (χ2v) is 3.31. The summed E-state index contributed by atoms with van der Waals surface area (Å²) in [4.78, 5) is 0. The van der Waals surface area contributed by atoms with E-state index in [0.717, 1.165) is 12.5 Å². The standard InChI is InChI=1S/C8H15NO/c1-2-8-7(6-10-8)3-5-9-4-1/h7-9H,1-6H2. The predicted molar refractivity (Wildman–Crippen MR) is 40.0 cm³/mol. The lowest BCUT2D eigenvalue weighted by Crippen LogP contribution is -2.43. The molecule has 0 saturated carbocycles. The van der Waals surface area contributed by atoms with Crippen LogP contribution in [0.25, 0.3) is 0 Å². The Labute approximate surface area is 61.9 Å². The molecule has 10 heavy (non-hydrogen) atoms. The van der Waals surface area contributed by atoms with Crippen molar-refractivity contribution in [1.29, 1.82) is 0 Å². The first-order valence-corrected chi connectivity index (χ1v) is 4.29. The molecule has 0 aromatic heterocycles. The van der Waals surface area contributed by atoms with Crippen LogP contribution in [0.3, 0.4) is 0 Å². The summed E-state index contributed by atoms with van der Waals surface area (Å²) >= 11 is 0. The molecule has 58 valence electrons. The molecule has 0 radical (unpaired) electrons. The van der Waals surface area contributed by atoms with Crippen LogP contribution in [0, 0.1) is 5.92 Å². The van der Waals surface area contributed by atoms with E-state index in [4.69, 9.17) is 4.74 Å². The van der Waals surface area contributed by atoms with Gasteiger partial charge in [0.25, 0.3) is 0 Å². The van der Waals surface area contributed by atoms with Gasteiger partial charge in [0.1, 0.15) is 0 Å². The van der Waals surface area contributed by atoms with Crippen LogP contribution in [0.15, 0.2) is 0 Å². The van der Waals surface area contributed by atoms with Gasteiger partial charge in [0, 0.05) is 5.92 Å². The minimum absolute atomic E-state index is 0.627. The van der Waals surface area contributed by atoms with E-state index in [0.29, 0.717) is 6.10 Å². The van der Waals surface area contributed by atoms with Gasteiger partial charge in [-0.1, -0.05) is 0 Å². The molecule has 0 aromatic carbocycles. The lowest BCUT2D eigenvalue weighted by molar-refractivity contribution is -0.123. The molecule has 1 N–H and O–H groups in total. The van der Waals surface area contributed by atoms with Crippen molar-refractivity contribution in [1.82, 2.24) is 5.32 Å². The number of ether oxygens (including phenoxy) is 1. The Balaban J connectivity index is 1.83. The molecular weight excluding hydrogens is 126 g/mol. The van der Waals surface area contributed by atoms with Crippen molar-refractivity contribution in [3.05, 3.63) is 0 Å². The summed E-state index contributed by atoms with van der Waals surface area (Å²) in [5, 5.41) is 3.42. The van der Waals surface area contributed by atoms with Gasteiger partial charge >= 0.3 is 0 Å². The highest BCUT2D eigenvalue weighted by atomic mass is 16.5. The highest BCUT2D eigenvalue weighted by Gasteiger charge is 2.31. The van der Waals surface area contributed by atoms with E-state index in [1.54, 1.807) is 0 Å². The molecule has 2 heterocycles. The summed E-state index contributed by atoms with van der Waals surface area (Å²) in [5.74, 6) is 0.882. The fraction of sp³-hybridized carbons (Fsp3) is 1.00. The lowest BCUT2D eigenvalue weighted by Gasteiger charge is -2.38. The first-order valence-electron chi connectivity index (χ1n) is 4.29. The first-order chi connectivity index (χ1) is 4.97. The summed E-state index contributed by atoms with van der Waals surface area (Å²) in [6.45, 7) is 3.41. The Morgan fingerprint density at radius 1 is 1.20 bits per heavy atom. The SMILES string of the molecule is C1CNCCC2COC2C1. The molecule has 2 rings (SSSR count). The van der Waals surface area contributed by atoms with Crippen LogP contribution < -0.4 is 5.32 Å². The maximum absolute atomic E-state index is 5.44. The van der Waals surface area contributed by atoms with E-state index in [2.05, 4.69) is 5.32 Å². The monoisotopic (exact) mass is 141 g/mol. The number of fused-ring (bicyclic) bond motifs is 1. The van der Waals surface area contributed by atoms with Gasteiger partial charge in [-0.05, 0) is 32.4 Å². The van der Waals surface area contributed by atoms with Crippen molar-refractivity contribution in [3.63, 3.8) is 0 Å². The highest BCUT2D eigenvalue weighted by Crippen LogP contribution is 2.27. The van der Waals surface area contributed by atoms with Gasteiger partial charge in [0.15, 0.2) is 0 Å². The van der Waals surface area contributed by atoms with Crippen molar-refractivity contribution < 1.29 is 4.74 Å². The van der Waals surface area contributed by atoms with Crippen LogP contribution in [0.2, 0.25) is 0 Å². The predicted octanol–water partition coefficient (Wildman–Crippen LogP) is 0.775. The Bertz CT molecular complexity index is 102. The molecule has 2 saturated heterocycles. The molecule has 2 atom stereocenters. The Morgan fingerprint density at radius 3 is 3.00 bits per heavy atom. The zero-order valence-electron chi connectivity index (χ0n) is 6.31. The molecule has 2 nitrogen and oxygen atoms in total. The number of nitrogens with one attached hydrogen (secondary N) is 1. The summed E-state index contributed by atoms with van der Waals surface area (Å²) in [6, 6.07) is 0. The Morgan fingerprint density at radius 2 is 2.20 bits per heavy atom. The van der Waals surface area contributed by atoms with Gasteiger partial charge in [-0.2, -0.15) is 0 Å². The average Bonchev–Trinajstić information content (AvgIpc) is 1.89. The molecule has 2 aliphatic rings. The fourth-order valence-electron chi connectivity index (χ4n) is 1.80.